The van der Waals surface area contributed by atoms with Crippen LogP contribution in [0.1, 0.15) is 35.7 Å². The van der Waals surface area contributed by atoms with Crippen LogP contribution in [0, 0.1) is 28.4 Å². The second-order valence-corrected chi connectivity index (χ2v) is 4.26. The molecule has 0 aliphatic carbocycles. The van der Waals surface area contributed by atoms with Crippen molar-refractivity contribution in [1.29, 1.82) is 5.26 Å². The van der Waals surface area contributed by atoms with Crippen LogP contribution in [0.5, 0.6) is 0 Å². The lowest BCUT2D eigenvalue weighted by atomic mass is 10.1. The number of amides is 1. The van der Waals surface area contributed by atoms with Crippen molar-refractivity contribution in [3.63, 3.8) is 0 Å². The van der Waals surface area contributed by atoms with E-state index in [1.54, 1.807) is 13.0 Å². The van der Waals surface area contributed by atoms with Crippen molar-refractivity contribution in [2.45, 2.75) is 32.7 Å². The van der Waals surface area contributed by atoms with Gasteiger partial charge in [-0.25, -0.2) is 0 Å². The maximum Gasteiger partial charge on any atom is 0.270 e. The van der Waals surface area contributed by atoms with Gasteiger partial charge in [-0.3, -0.25) is 14.9 Å². The van der Waals surface area contributed by atoms with E-state index in [0.717, 1.165) is 6.42 Å². The average molecular weight is 261 g/mol. The largest absolute Gasteiger partial charge is 0.336 e. The molecule has 19 heavy (non-hydrogen) atoms. The molecule has 1 atom stereocenters. The fourth-order valence-electron chi connectivity index (χ4n) is 1.70. The lowest BCUT2D eigenvalue weighted by Crippen LogP contribution is -2.33. The number of nitrogens with zero attached hydrogens (tertiary/aromatic N) is 2. The van der Waals surface area contributed by atoms with E-state index in [-0.39, 0.29) is 11.3 Å². The molecule has 0 fully saturated rings. The molecule has 0 spiro atoms. The van der Waals surface area contributed by atoms with Crippen molar-refractivity contribution < 1.29 is 9.72 Å². The Morgan fingerprint density at radius 2 is 2.21 bits per heavy atom. The molecule has 1 unspecified atom stereocenters. The minimum atomic E-state index is -0.572. The Labute approximate surface area is 111 Å². The molecule has 0 saturated heterocycles. The number of carbonyl (C=O) groups excluding carboxylic acids is 1. The number of carbonyl (C=O) groups is 1. The van der Waals surface area contributed by atoms with Gasteiger partial charge in [0.15, 0.2) is 0 Å². The summed E-state index contributed by atoms with van der Waals surface area (Å²) in [5, 5.41) is 22.2. The zero-order valence-corrected chi connectivity index (χ0v) is 10.8. The summed E-state index contributed by atoms with van der Waals surface area (Å²) < 4.78 is 0. The lowest BCUT2D eigenvalue weighted by Gasteiger charge is -2.10. The number of hydrogen-bond donors (Lipinski definition) is 1. The number of hydrogen-bond acceptors (Lipinski definition) is 4. The van der Waals surface area contributed by atoms with Gasteiger partial charge in [-0.15, -0.1) is 0 Å². The van der Waals surface area contributed by atoms with Crippen LogP contribution in [0.2, 0.25) is 0 Å². The van der Waals surface area contributed by atoms with Crippen LogP contribution in [0.4, 0.5) is 5.69 Å². The molecule has 1 amide bonds. The van der Waals surface area contributed by atoms with Crippen LogP contribution in [0.3, 0.4) is 0 Å². The normalized spacial score (nSPS) is 11.4. The van der Waals surface area contributed by atoms with Crippen LogP contribution in [0.15, 0.2) is 18.2 Å². The molecule has 0 bridgehead atoms. The van der Waals surface area contributed by atoms with Gasteiger partial charge in [0.2, 0.25) is 0 Å². The number of nitro groups is 1. The van der Waals surface area contributed by atoms with Crippen LogP contribution in [-0.2, 0) is 0 Å². The predicted octanol–water partition coefficient (Wildman–Crippen LogP) is 2.33. The summed E-state index contributed by atoms with van der Waals surface area (Å²) >= 11 is 0. The van der Waals surface area contributed by atoms with E-state index in [4.69, 9.17) is 5.26 Å². The highest BCUT2D eigenvalue weighted by molar-refractivity contribution is 5.95. The highest BCUT2D eigenvalue weighted by Crippen LogP contribution is 2.16. The maximum absolute atomic E-state index is 11.9. The van der Waals surface area contributed by atoms with Gasteiger partial charge in [0.05, 0.1) is 11.0 Å². The Kier molecular flexibility index (Phi) is 5.01. The molecule has 1 aromatic rings. The average Bonchev–Trinajstić information content (AvgIpc) is 2.37. The molecular weight excluding hydrogens is 246 g/mol. The van der Waals surface area contributed by atoms with E-state index in [1.807, 2.05) is 13.0 Å². The van der Waals surface area contributed by atoms with Gasteiger partial charge in [0.1, 0.15) is 6.04 Å². The summed E-state index contributed by atoms with van der Waals surface area (Å²) in [4.78, 5) is 22.1. The SMILES string of the molecule is CCCC(C#N)NC(=O)c1cc(C)cc([N+](=O)[O-])c1. The summed E-state index contributed by atoms with van der Waals surface area (Å²) in [6.07, 6.45) is 1.32. The fourth-order valence-corrected chi connectivity index (χ4v) is 1.70. The Morgan fingerprint density at radius 1 is 1.53 bits per heavy atom. The summed E-state index contributed by atoms with van der Waals surface area (Å²) in [6.45, 7) is 3.59. The fraction of sp³-hybridized carbons (Fsp3) is 0.385. The molecule has 0 aliphatic rings. The predicted molar refractivity (Wildman–Crippen MR) is 69.6 cm³/mol. The monoisotopic (exact) mass is 261 g/mol. The third-order valence-corrected chi connectivity index (χ3v) is 2.57. The van der Waals surface area contributed by atoms with Gasteiger partial charge in [0.25, 0.3) is 11.6 Å². The molecule has 100 valence electrons. The van der Waals surface area contributed by atoms with Gasteiger partial charge in [-0.05, 0) is 25.0 Å². The number of non-ortho nitro benzene ring substituents is 1. The van der Waals surface area contributed by atoms with Gasteiger partial charge in [-0.2, -0.15) is 5.26 Å². The minimum Gasteiger partial charge on any atom is -0.336 e. The van der Waals surface area contributed by atoms with E-state index in [2.05, 4.69) is 5.32 Å². The molecule has 0 radical (unpaired) electrons. The number of benzene rings is 1. The number of nitrogens with one attached hydrogen (secondary N) is 1. The topological polar surface area (TPSA) is 96.0 Å². The summed E-state index contributed by atoms with van der Waals surface area (Å²) in [5.41, 5.74) is 0.695. The number of aryl methyl sites for hydroxylation is 1. The zero-order valence-electron chi connectivity index (χ0n) is 10.8. The van der Waals surface area contributed by atoms with E-state index in [1.165, 1.54) is 12.1 Å². The molecular formula is C13H15N3O3. The summed E-state index contributed by atoms with van der Waals surface area (Å²) in [6, 6.07) is 5.58. The molecule has 0 aliphatic heterocycles. The van der Waals surface area contributed by atoms with E-state index in [9.17, 15) is 14.9 Å². The first kappa shape index (κ1) is 14.6. The number of nitriles is 1. The van der Waals surface area contributed by atoms with Crippen LogP contribution in [-0.4, -0.2) is 16.9 Å². The Hall–Kier alpha value is -2.42. The first-order valence-corrected chi connectivity index (χ1v) is 5.94. The van der Waals surface area contributed by atoms with Crippen molar-refractivity contribution in [2.75, 3.05) is 0 Å². The van der Waals surface area contributed by atoms with Crippen molar-refractivity contribution in [3.8, 4) is 6.07 Å². The Bertz CT molecular complexity index is 534. The third-order valence-electron chi connectivity index (χ3n) is 2.57. The molecule has 1 N–H and O–H groups in total. The molecule has 1 aromatic carbocycles. The first-order valence-electron chi connectivity index (χ1n) is 5.94. The molecule has 6 nitrogen and oxygen atoms in total. The lowest BCUT2D eigenvalue weighted by molar-refractivity contribution is -0.384. The molecule has 0 heterocycles. The van der Waals surface area contributed by atoms with E-state index < -0.39 is 16.9 Å². The highest BCUT2D eigenvalue weighted by Gasteiger charge is 2.16. The van der Waals surface area contributed by atoms with Gasteiger partial charge < -0.3 is 5.32 Å². The molecule has 1 rings (SSSR count). The highest BCUT2D eigenvalue weighted by atomic mass is 16.6. The van der Waals surface area contributed by atoms with Crippen molar-refractivity contribution in [2.24, 2.45) is 0 Å². The smallest absolute Gasteiger partial charge is 0.270 e. The van der Waals surface area contributed by atoms with E-state index >= 15 is 0 Å². The van der Waals surface area contributed by atoms with Gasteiger partial charge in [0, 0.05) is 17.7 Å². The standard InChI is InChI=1S/C13H15N3O3/c1-3-4-11(8-14)15-13(17)10-5-9(2)6-12(7-10)16(18)19/h5-7,11H,3-4H2,1-2H3,(H,15,17). The third kappa shape index (κ3) is 4.07. The van der Waals surface area contributed by atoms with Crippen LogP contribution < -0.4 is 5.32 Å². The summed E-state index contributed by atoms with van der Waals surface area (Å²) in [5.74, 6) is -0.466. The van der Waals surface area contributed by atoms with Gasteiger partial charge >= 0.3 is 0 Å². The maximum atomic E-state index is 11.9. The second-order valence-electron chi connectivity index (χ2n) is 4.26. The van der Waals surface area contributed by atoms with Crippen molar-refractivity contribution in [3.05, 3.63) is 39.4 Å². The van der Waals surface area contributed by atoms with Gasteiger partial charge in [-0.1, -0.05) is 13.3 Å². The number of rotatable bonds is 5. The quantitative estimate of drug-likeness (QED) is 0.649. The minimum absolute atomic E-state index is 0.130. The summed E-state index contributed by atoms with van der Waals surface area (Å²) in [7, 11) is 0. The molecule has 0 saturated carbocycles. The van der Waals surface area contributed by atoms with Crippen molar-refractivity contribution >= 4 is 11.6 Å². The Balaban J connectivity index is 2.94. The molecule has 0 aromatic heterocycles. The van der Waals surface area contributed by atoms with Crippen LogP contribution >= 0.6 is 0 Å². The van der Waals surface area contributed by atoms with E-state index in [0.29, 0.717) is 12.0 Å². The first-order chi connectivity index (χ1) is 8.97. The second kappa shape index (κ2) is 6.50. The number of nitro benzene ring substituents is 1. The Morgan fingerprint density at radius 3 is 2.74 bits per heavy atom. The molecule has 6 heteroatoms. The van der Waals surface area contributed by atoms with Crippen molar-refractivity contribution in [1.82, 2.24) is 5.32 Å². The zero-order chi connectivity index (χ0) is 14.4. The van der Waals surface area contributed by atoms with Crippen LogP contribution in [0.25, 0.3) is 0 Å².